The lowest BCUT2D eigenvalue weighted by atomic mass is 10.1. The number of halogens is 3. The van der Waals surface area contributed by atoms with Gasteiger partial charge in [0, 0.05) is 18.9 Å². The fourth-order valence-corrected chi connectivity index (χ4v) is 2.19. The molecule has 124 valence electrons. The van der Waals surface area contributed by atoms with Gasteiger partial charge in [-0.2, -0.15) is 13.2 Å². The van der Waals surface area contributed by atoms with Gasteiger partial charge in [-0.15, -0.1) is 0 Å². The van der Waals surface area contributed by atoms with Crippen molar-refractivity contribution in [3.8, 4) is 0 Å². The molecule has 0 bridgehead atoms. The van der Waals surface area contributed by atoms with E-state index in [9.17, 15) is 18.0 Å². The van der Waals surface area contributed by atoms with Crippen molar-refractivity contribution in [1.82, 2.24) is 14.5 Å². The Morgan fingerprint density at radius 2 is 1.91 bits per heavy atom. The molecule has 0 aliphatic rings. The summed E-state index contributed by atoms with van der Waals surface area (Å²) in [5.41, 5.74) is 1.06. The zero-order valence-corrected chi connectivity index (χ0v) is 12.4. The van der Waals surface area contributed by atoms with Crippen LogP contribution in [0, 0.1) is 0 Å². The summed E-state index contributed by atoms with van der Waals surface area (Å²) in [6.07, 6.45) is -1.64. The van der Waals surface area contributed by atoms with E-state index in [2.05, 4.69) is 4.98 Å². The molecule has 8 heteroatoms. The van der Waals surface area contributed by atoms with Gasteiger partial charge in [-0.05, 0) is 24.7 Å². The number of hydrogen-bond acceptors (Lipinski definition) is 3. The van der Waals surface area contributed by atoms with E-state index in [1.807, 2.05) is 4.90 Å². The quantitative estimate of drug-likeness (QED) is 0.886. The van der Waals surface area contributed by atoms with Crippen LogP contribution < -0.4 is 0 Å². The molecular weight excluding hydrogens is 311 g/mol. The highest BCUT2D eigenvalue weighted by Gasteiger charge is 2.28. The minimum atomic E-state index is -4.29. The molecule has 0 spiro atoms. The summed E-state index contributed by atoms with van der Waals surface area (Å²) in [6.45, 7) is -0.341. The molecule has 0 aliphatic carbocycles. The van der Waals surface area contributed by atoms with E-state index in [0.717, 1.165) is 10.1 Å². The van der Waals surface area contributed by atoms with E-state index in [-0.39, 0.29) is 12.1 Å². The third-order valence-corrected chi connectivity index (χ3v) is 3.22. The first-order valence-corrected chi connectivity index (χ1v) is 6.82. The average Bonchev–Trinajstić information content (AvgIpc) is 2.84. The summed E-state index contributed by atoms with van der Waals surface area (Å²) in [5, 5.41) is 8.84. The standard InChI is InChI=1S/C15H16F3N3O2/c1-20(8-11-2-4-12(5-3-11)14(22)23)9-13-19-6-7-21(13)10-15(16,17)18/h2-7H,8-10H2,1H3,(H,22,23). The van der Waals surface area contributed by atoms with Crippen LogP contribution in [0.15, 0.2) is 36.7 Å². The molecule has 2 aromatic rings. The number of alkyl halides is 3. The van der Waals surface area contributed by atoms with Gasteiger partial charge < -0.3 is 9.67 Å². The molecule has 1 aromatic heterocycles. The third kappa shape index (κ3) is 5.10. The molecule has 1 N–H and O–H groups in total. The molecule has 0 saturated carbocycles. The second-order valence-electron chi connectivity index (χ2n) is 5.26. The van der Waals surface area contributed by atoms with E-state index in [0.29, 0.717) is 12.4 Å². The van der Waals surface area contributed by atoms with Crippen LogP contribution >= 0.6 is 0 Å². The van der Waals surface area contributed by atoms with Crippen molar-refractivity contribution in [3.05, 3.63) is 53.6 Å². The van der Waals surface area contributed by atoms with Crippen molar-refractivity contribution >= 4 is 5.97 Å². The minimum Gasteiger partial charge on any atom is -0.478 e. The first-order valence-electron chi connectivity index (χ1n) is 6.82. The zero-order valence-electron chi connectivity index (χ0n) is 12.4. The Kier molecular flexibility index (Phi) is 5.05. The van der Waals surface area contributed by atoms with Gasteiger partial charge in [0.15, 0.2) is 0 Å². The van der Waals surface area contributed by atoms with E-state index in [1.54, 1.807) is 19.2 Å². The lowest BCUT2D eigenvalue weighted by Gasteiger charge is -2.18. The van der Waals surface area contributed by atoms with Gasteiger partial charge in [-0.3, -0.25) is 4.90 Å². The predicted octanol–water partition coefficient (Wildman–Crippen LogP) is 2.78. The van der Waals surface area contributed by atoms with E-state index in [1.165, 1.54) is 24.5 Å². The molecule has 0 fully saturated rings. The summed E-state index contributed by atoms with van der Waals surface area (Å²) >= 11 is 0. The molecule has 0 radical (unpaired) electrons. The maximum Gasteiger partial charge on any atom is 0.406 e. The molecule has 0 unspecified atom stereocenters. The van der Waals surface area contributed by atoms with Gasteiger partial charge in [0.1, 0.15) is 12.4 Å². The van der Waals surface area contributed by atoms with Crippen molar-refractivity contribution < 1.29 is 23.1 Å². The third-order valence-electron chi connectivity index (χ3n) is 3.22. The SMILES string of the molecule is CN(Cc1ccc(C(=O)O)cc1)Cc1nccn1CC(F)(F)F. The summed E-state index contributed by atoms with van der Waals surface area (Å²) in [4.78, 5) is 16.6. The Labute approximate surface area is 131 Å². The molecule has 1 aromatic carbocycles. The Morgan fingerprint density at radius 1 is 1.26 bits per heavy atom. The van der Waals surface area contributed by atoms with Crippen LogP contribution in [0.3, 0.4) is 0 Å². The normalized spacial score (nSPS) is 11.9. The van der Waals surface area contributed by atoms with Gasteiger partial charge in [0.2, 0.25) is 0 Å². The number of benzene rings is 1. The van der Waals surface area contributed by atoms with Gasteiger partial charge in [-0.25, -0.2) is 9.78 Å². The number of carbonyl (C=O) groups is 1. The summed E-state index contributed by atoms with van der Waals surface area (Å²) in [6, 6.07) is 6.36. The molecule has 0 saturated heterocycles. The van der Waals surface area contributed by atoms with Crippen LogP contribution in [-0.2, 0) is 19.6 Å². The number of hydrogen-bond donors (Lipinski definition) is 1. The van der Waals surface area contributed by atoms with Crippen molar-refractivity contribution in [1.29, 1.82) is 0 Å². The number of aromatic carboxylic acids is 1. The molecule has 2 rings (SSSR count). The van der Waals surface area contributed by atoms with Crippen LogP contribution in [0.2, 0.25) is 0 Å². The number of carboxylic acid groups (broad SMARTS) is 1. The smallest absolute Gasteiger partial charge is 0.406 e. The lowest BCUT2D eigenvalue weighted by molar-refractivity contribution is -0.141. The predicted molar refractivity (Wildman–Crippen MR) is 76.9 cm³/mol. The van der Waals surface area contributed by atoms with Crippen molar-refractivity contribution in [2.45, 2.75) is 25.8 Å². The molecule has 0 atom stereocenters. The Hall–Kier alpha value is -2.35. The number of nitrogens with zero attached hydrogens (tertiary/aromatic N) is 3. The molecule has 1 heterocycles. The van der Waals surface area contributed by atoms with Gasteiger partial charge in [0.05, 0.1) is 12.1 Å². The number of aromatic nitrogens is 2. The van der Waals surface area contributed by atoms with Gasteiger partial charge >= 0.3 is 12.1 Å². The van der Waals surface area contributed by atoms with Gasteiger partial charge in [-0.1, -0.05) is 12.1 Å². The topological polar surface area (TPSA) is 58.4 Å². The molecule has 0 amide bonds. The van der Waals surface area contributed by atoms with Crippen LogP contribution in [0.4, 0.5) is 13.2 Å². The molecule has 5 nitrogen and oxygen atoms in total. The molecule has 23 heavy (non-hydrogen) atoms. The fourth-order valence-electron chi connectivity index (χ4n) is 2.19. The fraction of sp³-hybridized carbons (Fsp3) is 0.333. The minimum absolute atomic E-state index is 0.192. The van der Waals surface area contributed by atoms with E-state index in [4.69, 9.17) is 5.11 Å². The highest BCUT2D eigenvalue weighted by molar-refractivity contribution is 5.87. The van der Waals surface area contributed by atoms with Crippen LogP contribution in [0.5, 0.6) is 0 Å². The van der Waals surface area contributed by atoms with Crippen molar-refractivity contribution in [2.75, 3.05) is 7.05 Å². The number of carboxylic acids is 1. The first kappa shape index (κ1) is 17.0. The van der Waals surface area contributed by atoms with Crippen LogP contribution in [0.25, 0.3) is 0 Å². The highest BCUT2D eigenvalue weighted by atomic mass is 19.4. The highest BCUT2D eigenvalue weighted by Crippen LogP contribution is 2.19. The zero-order chi connectivity index (χ0) is 17.0. The maximum absolute atomic E-state index is 12.5. The lowest BCUT2D eigenvalue weighted by Crippen LogP contribution is -2.23. The average molecular weight is 327 g/mol. The maximum atomic E-state index is 12.5. The van der Waals surface area contributed by atoms with Crippen LogP contribution in [0.1, 0.15) is 21.7 Å². The number of rotatable bonds is 6. The monoisotopic (exact) mass is 327 g/mol. The van der Waals surface area contributed by atoms with E-state index < -0.39 is 18.7 Å². The largest absolute Gasteiger partial charge is 0.478 e. The van der Waals surface area contributed by atoms with Crippen molar-refractivity contribution in [3.63, 3.8) is 0 Å². The first-order chi connectivity index (χ1) is 10.7. The summed E-state index contributed by atoms with van der Waals surface area (Å²) < 4.78 is 38.5. The molecule has 0 aliphatic heterocycles. The molecular formula is C15H16F3N3O2. The number of imidazole rings is 1. The summed E-state index contributed by atoms with van der Waals surface area (Å²) in [5.74, 6) is -0.675. The Morgan fingerprint density at radius 3 is 2.48 bits per heavy atom. The Balaban J connectivity index is 1.98. The summed E-state index contributed by atoms with van der Waals surface area (Å²) in [7, 11) is 1.76. The van der Waals surface area contributed by atoms with Crippen molar-refractivity contribution in [2.24, 2.45) is 0 Å². The Bertz CT molecular complexity index is 665. The van der Waals surface area contributed by atoms with E-state index >= 15 is 0 Å². The second-order valence-corrected chi connectivity index (χ2v) is 5.26. The van der Waals surface area contributed by atoms with Gasteiger partial charge in [0.25, 0.3) is 0 Å². The second kappa shape index (κ2) is 6.82. The van der Waals surface area contributed by atoms with Crippen LogP contribution in [-0.4, -0.2) is 38.8 Å².